The smallest absolute Gasteiger partial charge is 0.140 e. The number of hydrogen-bond acceptors (Lipinski definition) is 3. The zero-order chi connectivity index (χ0) is 10.1. The molecule has 2 rings (SSSR count). The standard InChI is InChI=1S/C11H15NO2/c1-7-8-4-3-5-9(13)11(8)12-6-10(7)14-2/h6,9,13H,3-5H2,1-2H3. The number of hydrogen-bond donors (Lipinski definition) is 1. The highest BCUT2D eigenvalue weighted by molar-refractivity contribution is 5.41. The van der Waals surface area contributed by atoms with Gasteiger partial charge in [-0.15, -0.1) is 0 Å². The van der Waals surface area contributed by atoms with Crippen molar-refractivity contribution < 1.29 is 9.84 Å². The summed E-state index contributed by atoms with van der Waals surface area (Å²) < 4.78 is 5.20. The van der Waals surface area contributed by atoms with Gasteiger partial charge in [0.15, 0.2) is 0 Å². The minimum Gasteiger partial charge on any atom is -0.495 e. The zero-order valence-electron chi connectivity index (χ0n) is 8.58. The molecule has 3 nitrogen and oxygen atoms in total. The predicted molar refractivity (Wildman–Crippen MR) is 53.4 cm³/mol. The van der Waals surface area contributed by atoms with Crippen molar-refractivity contribution in [3.8, 4) is 5.75 Å². The van der Waals surface area contributed by atoms with Crippen molar-refractivity contribution in [2.24, 2.45) is 0 Å². The molecule has 1 unspecified atom stereocenters. The molecule has 0 saturated carbocycles. The van der Waals surface area contributed by atoms with E-state index in [0.29, 0.717) is 0 Å². The lowest BCUT2D eigenvalue weighted by Gasteiger charge is -2.22. The maximum Gasteiger partial charge on any atom is 0.140 e. The Morgan fingerprint density at radius 2 is 2.36 bits per heavy atom. The summed E-state index contributed by atoms with van der Waals surface area (Å²) in [6.07, 6.45) is 4.17. The molecule has 1 aliphatic carbocycles. The van der Waals surface area contributed by atoms with E-state index in [-0.39, 0.29) is 6.10 Å². The summed E-state index contributed by atoms with van der Waals surface area (Å²) in [5, 5.41) is 9.75. The van der Waals surface area contributed by atoms with Crippen molar-refractivity contribution in [1.29, 1.82) is 0 Å². The van der Waals surface area contributed by atoms with Gasteiger partial charge in [0.1, 0.15) is 5.75 Å². The molecule has 0 aliphatic heterocycles. The molecule has 3 heteroatoms. The fourth-order valence-corrected chi connectivity index (χ4v) is 2.06. The van der Waals surface area contributed by atoms with Gasteiger partial charge in [-0.1, -0.05) is 0 Å². The fraction of sp³-hybridized carbons (Fsp3) is 0.545. The molecular weight excluding hydrogens is 178 g/mol. The van der Waals surface area contributed by atoms with Gasteiger partial charge in [-0.05, 0) is 37.3 Å². The van der Waals surface area contributed by atoms with Crippen LogP contribution in [0.5, 0.6) is 5.75 Å². The Labute approximate surface area is 83.7 Å². The largest absolute Gasteiger partial charge is 0.495 e. The number of pyridine rings is 1. The molecule has 0 radical (unpaired) electrons. The fourth-order valence-electron chi connectivity index (χ4n) is 2.06. The summed E-state index contributed by atoms with van der Waals surface area (Å²) in [7, 11) is 1.65. The number of rotatable bonds is 1. The van der Waals surface area contributed by atoms with Crippen molar-refractivity contribution in [2.45, 2.75) is 32.3 Å². The predicted octanol–water partition coefficient (Wildman–Crippen LogP) is 1.77. The lowest BCUT2D eigenvalue weighted by Crippen LogP contribution is -2.13. The summed E-state index contributed by atoms with van der Waals surface area (Å²) in [5.74, 6) is 0.817. The van der Waals surface area contributed by atoms with Gasteiger partial charge < -0.3 is 9.84 Å². The third-order valence-electron chi connectivity index (χ3n) is 2.89. The van der Waals surface area contributed by atoms with E-state index in [1.807, 2.05) is 6.92 Å². The third kappa shape index (κ3) is 1.38. The average Bonchev–Trinajstić information content (AvgIpc) is 2.20. The Morgan fingerprint density at radius 1 is 1.57 bits per heavy atom. The van der Waals surface area contributed by atoms with Crippen LogP contribution in [0, 0.1) is 6.92 Å². The lowest BCUT2D eigenvalue weighted by molar-refractivity contribution is 0.151. The molecule has 0 amide bonds. The van der Waals surface area contributed by atoms with Crippen LogP contribution >= 0.6 is 0 Å². The minimum absolute atomic E-state index is 0.386. The molecule has 0 bridgehead atoms. The maximum atomic E-state index is 9.75. The van der Waals surface area contributed by atoms with Crippen LogP contribution in [0.1, 0.15) is 35.8 Å². The van der Waals surface area contributed by atoms with E-state index in [1.165, 1.54) is 5.56 Å². The molecule has 1 aromatic heterocycles. The van der Waals surface area contributed by atoms with Gasteiger partial charge in [0, 0.05) is 0 Å². The SMILES string of the molecule is COc1cnc2c(c1C)CCCC2O. The van der Waals surface area contributed by atoms with E-state index in [1.54, 1.807) is 13.3 Å². The molecule has 0 saturated heterocycles. The molecule has 0 aromatic carbocycles. The van der Waals surface area contributed by atoms with Crippen LogP contribution < -0.4 is 4.74 Å². The highest BCUT2D eigenvalue weighted by Gasteiger charge is 2.22. The van der Waals surface area contributed by atoms with E-state index in [9.17, 15) is 5.11 Å². The van der Waals surface area contributed by atoms with E-state index < -0.39 is 0 Å². The molecule has 1 atom stereocenters. The first-order chi connectivity index (χ1) is 6.74. The first-order valence-electron chi connectivity index (χ1n) is 4.94. The molecule has 0 fully saturated rings. The number of methoxy groups -OCH3 is 1. The monoisotopic (exact) mass is 193 g/mol. The Balaban J connectivity index is 2.52. The second-order valence-corrected chi connectivity index (χ2v) is 3.72. The van der Waals surface area contributed by atoms with Gasteiger partial charge in [-0.2, -0.15) is 0 Å². The van der Waals surface area contributed by atoms with Crippen molar-refractivity contribution in [3.05, 3.63) is 23.0 Å². The Kier molecular flexibility index (Phi) is 2.42. The van der Waals surface area contributed by atoms with Gasteiger partial charge >= 0.3 is 0 Å². The quantitative estimate of drug-likeness (QED) is 0.739. The first-order valence-corrected chi connectivity index (χ1v) is 4.94. The van der Waals surface area contributed by atoms with Crippen molar-refractivity contribution in [3.63, 3.8) is 0 Å². The zero-order valence-corrected chi connectivity index (χ0v) is 8.58. The molecule has 76 valence electrons. The van der Waals surface area contributed by atoms with Gasteiger partial charge in [-0.25, -0.2) is 0 Å². The normalized spacial score (nSPS) is 20.4. The first kappa shape index (κ1) is 9.46. The van der Waals surface area contributed by atoms with E-state index >= 15 is 0 Å². The number of aliphatic hydroxyl groups is 1. The van der Waals surface area contributed by atoms with Crippen LogP contribution in [-0.2, 0) is 6.42 Å². The van der Waals surface area contributed by atoms with Crippen molar-refractivity contribution >= 4 is 0 Å². The Morgan fingerprint density at radius 3 is 3.07 bits per heavy atom. The molecule has 0 spiro atoms. The number of aliphatic hydroxyl groups excluding tert-OH is 1. The maximum absolute atomic E-state index is 9.75. The Bertz CT molecular complexity index is 349. The number of nitrogens with zero attached hydrogens (tertiary/aromatic N) is 1. The summed E-state index contributed by atoms with van der Waals surface area (Å²) in [6.45, 7) is 2.03. The van der Waals surface area contributed by atoms with Crippen LogP contribution in [0.2, 0.25) is 0 Å². The van der Waals surface area contributed by atoms with E-state index in [0.717, 1.165) is 36.3 Å². The molecule has 1 N–H and O–H groups in total. The van der Waals surface area contributed by atoms with Gasteiger partial charge in [0.2, 0.25) is 0 Å². The van der Waals surface area contributed by atoms with Crippen molar-refractivity contribution in [1.82, 2.24) is 4.98 Å². The van der Waals surface area contributed by atoms with Gasteiger partial charge in [-0.3, -0.25) is 4.98 Å². The minimum atomic E-state index is -0.386. The number of fused-ring (bicyclic) bond motifs is 1. The van der Waals surface area contributed by atoms with Crippen LogP contribution in [0.25, 0.3) is 0 Å². The molecule has 1 aromatic rings. The van der Waals surface area contributed by atoms with Crippen LogP contribution in [0.4, 0.5) is 0 Å². The highest BCUT2D eigenvalue weighted by atomic mass is 16.5. The Hall–Kier alpha value is -1.09. The van der Waals surface area contributed by atoms with Crippen molar-refractivity contribution in [2.75, 3.05) is 7.11 Å². The second-order valence-electron chi connectivity index (χ2n) is 3.72. The lowest BCUT2D eigenvalue weighted by atomic mass is 9.90. The van der Waals surface area contributed by atoms with E-state index in [4.69, 9.17) is 4.74 Å². The third-order valence-corrected chi connectivity index (χ3v) is 2.89. The summed E-state index contributed by atoms with van der Waals surface area (Å²) in [6, 6.07) is 0. The molecule has 1 heterocycles. The number of ether oxygens (including phenoxy) is 1. The van der Waals surface area contributed by atoms with Crippen LogP contribution in [0.15, 0.2) is 6.20 Å². The topological polar surface area (TPSA) is 42.4 Å². The van der Waals surface area contributed by atoms with E-state index in [2.05, 4.69) is 4.98 Å². The summed E-state index contributed by atoms with van der Waals surface area (Å²) in [5.41, 5.74) is 3.13. The van der Waals surface area contributed by atoms with Gasteiger partial charge in [0.25, 0.3) is 0 Å². The van der Waals surface area contributed by atoms with Crippen LogP contribution in [-0.4, -0.2) is 17.2 Å². The summed E-state index contributed by atoms with van der Waals surface area (Å²) in [4.78, 5) is 4.26. The van der Waals surface area contributed by atoms with Crippen LogP contribution in [0.3, 0.4) is 0 Å². The second kappa shape index (κ2) is 3.58. The summed E-state index contributed by atoms with van der Waals surface area (Å²) >= 11 is 0. The molecule has 14 heavy (non-hydrogen) atoms. The highest BCUT2D eigenvalue weighted by Crippen LogP contribution is 2.33. The average molecular weight is 193 g/mol. The number of aromatic nitrogens is 1. The molecule has 1 aliphatic rings. The molecular formula is C11H15NO2. The van der Waals surface area contributed by atoms with Gasteiger partial charge in [0.05, 0.1) is 25.1 Å².